The number of aliphatic hydroxyl groups excluding tert-OH is 2. The molecule has 1 aromatic heterocycles. The summed E-state index contributed by atoms with van der Waals surface area (Å²) in [6.07, 6.45) is -1.54. The van der Waals surface area contributed by atoms with Crippen molar-refractivity contribution in [2.45, 2.75) is 41.6 Å². The number of nitrogens with zero attached hydrogens (tertiary/aromatic N) is 3. The number of hydrogen-bond donors (Lipinski definition) is 3. The van der Waals surface area contributed by atoms with Crippen LogP contribution in [0.2, 0.25) is 10.0 Å². The molecule has 0 aliphatic carbocycles. The highest BCUT2D eigenvalue weighted by Gasteiger charge is 2.48. The molecule has 4 rings (SSSR count). The quantitative estimate of drug-likeness (QED) is 0.394. The number of carbonyl (C=O) groups is 1. The number of carboxylic acids is 1. The fourth-order valence-electron chi connectivity index (χ4n) is 3.85. The third-order valence-corrected chi connectivity index (χ3v) is 7.37. The van der Waals surface area contributed by atoms with Gasteiger partial charge in [-0.2, -0.15) is 0 Å². The summed E-state index contributed by atoms with van der Waals surface area (Å²) in [6, 6.07) is 11.8. The van der Waals surface area contributed by atoms with Crippen LogP contribution in [0.4, 0.5) is 0 Å². The van der Waals surface area contributed by atoms with Crippen molar-refractivity contribution in [3.05, 3.63) is 64.3 Å². The van der Waals surface area contributed by atoms with Crippen molar-refractivity contribution in [2.75, 3.05) is 13.2 Å². The molecule has 1 aliphatic heterocycles. The van der Waals surface area contributed by atoms with Gasteiger partial charge in [0.1, 0.15) is 42.1 Å². The van der Waals surface area contributed by atoms with Crippen molar-refractivity contribution >= 4 is 40.9 Å². The Balaban J connectivity index is 1.70. The van der Waals surface area contributed by atoms with Crippen LogP contribution >= 0.6 is 35.0 Å². The molecular formula is C23H23Cl2N3O6S. The number of aryl methyl sites for hydroxylation is 1. The van der Waals surface area contributed by atoms with E-state index >= 15 is 0 Å². The molecule has 1 saturated heterocycles. The van der Waals surface area contributed by atoms with Gasteiger partial charge < -0.3 is 24.8 Å². The van der Waals surface area contributed by atoms with E-state index in [1.54, 1.807) is 24.4 Å². The first kappa shape index (κ1) is 25.9. The standard InChI is InChI=1S/C23H23Cl2N3O6S/c1-12-3-2-4-13(7-12)17-9-28(27-26-17)20-21(32)18(10-29)34-23(22(20)33-11-19(30)31)35-14-5-6-15(24)16(25)8-14/h2-9,18,20-23,29,32H,10-11H2,1H3,(H,30,31)/t18-,20+,21+,22-,23-/m1/s1. The zero-order valence-electron chi connectivity index (χ0n) is 18.5. The van der Waals surface area contributed by atoms with Crippen LogP contribution in [0.5, 0.6) is 0 Å². The summed E-state index contributed by atoms with van der Waals surface area (Å²) >= 11 is 13.4. The minimum atomic E-state index is -1.25. The van der Waals surface area contributed by atoms with E-state index < -0.39 is 49.0 Å². The van der Waals surface area contributed by atoms with Crippen molar-refractivity contribution in [3.63, 3.8) is 0 Å². The third kappa shape index (κ3) is 5.97. The minimum absolute atomic E-state index is 0.338. The van der Waals surface area contributed by atoms with Gasteiger partial charge in [-0.15, -0.1) is 5.10 Å². The predicted molar refractivity (Wildman–Crippen MR) is 131 cm³/mol. The number of ether oxygens (including phenoxy) is 2. The number of hydrogen-bond acceptors (Lipinski definition) is 8. The summed E-state index contributed by atoms with van der Waals surface area (Å²) in [4.78, 5) is 12.0. The highest BCUT2D eigenvalue weighted by atomic mass is 35.5. The van der Waals surface area contributed by atoms with E-state index in [2.05, 4.69) is 10.3 Å². The molecule has 9 nitrogen and oxygen atoms in total. The van der Waals surface area contributed by atoms with Crippen molar-refractivity contribution in [1.29, 1.82) is 0 Å². The van der Waals surface area contributed by atoms with Gasteiger partial charge in [-0.25, -0.2) is 9.48 Å². The normalized spacial score (nSPS) is 24.4. The minimum Gasteiger partial charge on any atom is -0.480 e. The van der Waals surface area contributed by atoms with Gasteiger partial charge in [0.05, 0.1) is 22.8 Å². The van der Waals surface area contributed by atoms with Gasteiger partial charge in [-0.1, -0.05) is 63.9 Å². The molecule has 35 heavy (non-hydrogen) atoms. The van der Waals surface area contributed by atoms with Crippen LogP contribution in [0.3, 0.4) is 0 Å². The molecule has 0 bridgehead atoms. The zero-order valence-corrected chi connectivity index (χ0v) is 20.8. The molecule has 3 N–H and O–H groups in total. The molecule has 2 heterocycles. The van der Waals surface area contributed by atoms with Crippen LogP contribution in [-0.2, 0) is 14.3 Å². The van der Waals surface area contributed by atoms with Gasteiger partial charge in [0, 0.05) is 10.5 Å². The first-order valence-corrected chi connectivity index (χ1v) is 12.3. The number of aromatic nitrogens is 3. The second kappa shape index (κ2) is 11.3. The maximum absolute atomic E-state index is 11.3. The molecule has 186 valence electrons. The van der Waals surface area contributed by atoms with E-state index in [0.717, 1.165) is 11.1 Å². The van der Waals surface area contributed by atoms with Crippen LogP contribution in [0.1, 0.15) is 11.6 Å². The molecule has 1 aliphatic rings. The lowest BCUT2D eigenvalue weighted by atomic mass is 9.97. The molecule has 0 unspecified atom stereocenters. The Kier molecular flexibility index (Phi) is 8.33. The Labute approximate surface area is 215 Å². The number of aliphatic carboxylic acids is 1. The van der Waals surface area contributed by atoms with E-state index in [-0.39, 0.29) is 0 Å². The van der Waals surface area contributed by atoms with Crippen molar-refractivity contribution in [1.82, 2.24) is 15.0 Å². The van der Waals surface area contributed by atoms with Crippen molar-refractivity contribution in [2.24, 2.45) is 0 Å². The first-order valence-electron chi connectivity index (χ1n) is 10.6. The van der Waals surface area contributed by atoms with Gasteiger partial charge in [0.15, 0.2) is 0 Å². The van der Waals surface area contributed by atoms with Crippen LogP contribution < -0.4 is 0 Å². The van der Waals surface area contributed by atoms with E-state index in [4.69, 9.17) is 32.7 Å². The van der Waals surface area contributed by atoms with Crippen LogP contribution in [0, 0.1) is 6.92 Å². The van der Waals surface area contributed by atoms with Gasteiger partial charge in [-0.3, -0.25) is 0 Å². The average molecular weight is 540 g/mol. The fourth-order valence-corrected chi connectivity index (χ4v) is 5.38. The van der Waals surface area contributed by atoms with Gasteiger partial charge in [0.2, 0.25) is 0 Å². The second-order valence-corrected chi connectivity index (χ2v) is 10.0. The van der Waals surface area contributed by atoms with Gasteiger partial charge >= 0.3 is 5.97 Å². The highest BCUT2D eigenvalue weighted by Crippen LogP contribution is 2.41. The fraction of sp³-hybridized carbons (Fsp3) is 0.348. The Morgan fingerprint density at radius 1 is 1.23 bits per heavy atom. The lowest BCUT2D eigenvalue weighted by Crippen LogP contribution is -2.56. The molecule has 3 aromatic rings. The maximum atomic E-state index is 11.3. The van der Waals surface area contributed by atoms with Crippen LogP contribution in [-0.4, -0.2) is 73.2 Å². The molecule has 0 radical (unpaired) electrons. The molecule has 0 amide bonds. The SMILES string of the molecule is Cc1cccc(-c2cn([C@H]3[C@@H](O)[C@@H](CO)O[C@H](Sc4ccc(Cl)c(Cl)c4)[C@@H]3OCC(=O)O)nn2)c1. The van der Waals surface area contributed by atoms with E-state index in [0.29, 0.717) is 20.6 Å². The lowest BCUT2D eigenvalue weighted by Gasteiger charge is -2.43. The van der Waals surface area contributed by atoms with Gasteiger partial charge in [0.25, 0.3) is 0 Å². The summed E-state index contributed by atoms with van der Waals surface area (Å²) in [5, 5.41) is 39.4. The second-order valence-electron chi connectivity index (χ2n) is 8.02. The van der Waals surface area contributed by atoms with Crippen molar-refractivity contribution < 1.29 is 29.6 Å². The molecule has 2 aromatic carbocycles. The smallest absolute Gasteiger partial charge is 0.329 e. The average Bonchev–Trinajstić information content (AvgIpc) is 3.31. The summed E-state index contributed by atoms with van der Waals surface area (Å²) in [5.41, 5.74) is 1.63. The lowest BCUT2D eigenvalue weighted by molar-refractivity contribution is -0.196. The molecule has 1 fully saturated rings. The summed E-state index contributed by atoms with van der Waals surface area (Å²) < 4.78 is 13.1. The topological polar surface area (TPSA) is 127 Å². The van der Waals surface area contributed by atoms with Gasteiger partial charge in [-0.05, 0) is 31.2 Å². The predicted octanol–water partition coefficient (Wildman–Crippen LogP) is 3.44. The number of benzene rings is 2. The number of thioether (sulfide) groups is 1. The number of halogens is 2. The Bertz CT molecular complexity index is 1200. The largest absolute Gasteiger partial charge is 0.480 e. The Morgan fingerprint density at radius 2 is 2.03 bits per heavy atom. The van der Waals surface area contributed by atoms with Crippen LogP contribution in [0.15, 0.2) is 53.6 Å². The number of aliphatic hydroxyl groups is 2. The molecule has 5 atom stereocenters. The van der Waals surface area contributed by atoms with E-state index in [9.17, 15) is 20.1 Å². The number of carboxylic acid groups (broad SMARTS) is 1. The summed E-state index contributed by atoms with van der Waals surface area (Å²) in [6.45, 7) is 0.864. The maximum Gasteiger partial charge on any atom is 0.329 e. The van der Waals surface area contributed by atoms with Crippen LogP contribution in [0.25, 0.3) is 11.3 Å². The third-order valence-electron chi connectivity index (χ3n) is 5.50. The zero-order chi connectivity index (χ0) is 25.1. The Hall–Kier alpha value is -2.18. The monoisotopic (exact) mass is 539 g/mol. The molecular weight excluding hydrogens is 517 g/mol. The summed E-state index contributed by atoms with van der Waals surface area (Å²) in [5.74, 6) is -1.18. The van der Waals surface area contributed by atoms with E-state index in [1.165, 1.54) is 16.4 Å². The van der Waals surface area contributed by atoms with Crippen molar-refractivity contribution in [3.8, 4) is 11.3 Å². The Morgan fingerprint density at radius 3 is 2.71 bits per heavy atom. The molecule has 0 saturated carbocycles. The highest BCUT2D eigenvalue weighted by molar-refractivity contribution is 7.99. The summed E-state index contributed by atoms with van der Waals surface area (Å²) in [7, 11) is 0. The molecule has 12 heteroatoms. The van der Waals surface area contributed by atoms with E-state index in [1.807, 2.05) is 31.2 Å². The first-order chi connectivity index (χ1) is 16.8. The number of rotatable bonds is 8. The molecule has 0 spiro atoms.